The van der Waals surface area contributed by atoms with Crippen LogP contribution in [0.25, 0.3) is 17.1 Å². The number of methoxy groups -OCH3 is 1. The third kappa shape index (κ3) is 6.23. The van der Waals surface area contributed by atoms with E-state index < -0.39 is 0 Å². The van der Waals surface area contributed by atoms with Gasteiger partial charge in [-0.2, -0.15) is 0 Å². The molecule has 1 amide bonds. The van der Waals surface area contributed by atoms with Gasteiger partial charge in [-0.15, -0.1) is 21.5 Å². The topological polar surface area (TPSA) is 81.9 Å². The van der Waals surface area contributed by atoms with Crippen LogP contribution in [0.15, 0.2) is 53.0 Å². The molecule has 0 saturated carbocycles. The van der Waals surface area contributed by atoms with Crippen LogP contribution < -0.4 is 5.32 Å². The minimum atomic E-state index is -0.188. The van der Waals surface area contributed by atoms with Gasteiger partial charge in [0.05, 0.1) is 16.5 Å². The van der Waals surface area contributed by atoms with Crippen molar-refractivity contribution < 1.29 is 9.53 Å². The van der Waals surface area contributed by atoms with Crippen molar-refractivity contribution in [1.82, 2.24) is 25.1 Å². The molecule has 0 radical (unpaired) electrons. The van der Waals surface area contributed by atoms with Crippen LogP contribution in [0.4, 0.5) is 0 Å². The van der Waals surface area contributed by atoms with Crippen molar-refractivity contribution in [1.29, 1.82) is 0 Å². The van der Waals surface area contributed by atoms with Gasteiger partial charge in [0.1, 0.15) is 10.7 Å². The van der Waals surface area contributed by atoms with Gasteiger partial charge in [-0.3, -0.25) is 9.36 Å². The molecular weight excluding hydrogens is 525 g/mol. The summed E-state index contributed by atoms with van der Waals surface area (Å²) in [6.45, 7) is 3.15. The van der Waals surface area contributed by atoms with Crippen LogP contribution in [0.3, 0.4) is 0 Å². The predicted octanol–water partition coefficient (Wildman–Crippen LogP) is 6.06. The number of nitrogens with one attached hydrogen (secondary N) is 1. The zero-order valence-corrected chi connectivity index (χ0v) is 22.3. The maximum atomic E-state index is 12.3. The first-order chi connectivity index (χ1) is 17.0. The minimum absolute atomic E-state index is 0.188. The summed E-state index contributed by atoms with van der Waals surface area (Å²) < 4.78 is 6.97. The number of hydrogen-bond donors (Lipinski definition) is 1. The van der Waals surface area contributed by atoms with Gasteiger partial charge < -0.3 is 10.1 Å². The third-order valence-corrected chi connectivity index (χ3v) is 7.62. The first kappa shape index (κ1) is 25.7. The summed E-state index contributed by atoms with van der Waals surface area (Å²) in [5, 5.41) is 16.2. The van der Waals surface area contributed by atoms with E-state index >= 15 is 0 Å². The third-order valence-electron chi connectivity index (χ3n) is 5.08. The lowest BCUT2D eigenvalue weighted by molar-refractivity contribution is 0.0944. The number of aromatic nitrogens is 4. The average molecular weight is 549 g/mol. The van der Waals surface area contributed by atoms with Crippen molar-refractivity contribution in [3.63, 3.8) is 0 Å². The smallest absolute Gasteiger partial charge is 0.270 e. The van der Waals surface area contributed by atoms with Crippen LogP contribution in [-0.2, 0) is 10.5 Å². The first-order valence-electron chi connectivity index (χ1n) is 10.8. The van der Waals surface area contributed by atoms with E-state index in [2.05, 4.69) is 20.5 Å². The predicted molar refractivity (Wildman–Crippen MR) is 142 cm³/mol. The molecule has 0 aliphatic heterocycles. The Morgan fingerprint density at radius 3 is 2.83 bits per heavy atom. The molecule has 2 aromatic carbocycles. The molecule has 4 rings (SSSR count). The number of rotatable bonds is 10. The number of thiazole rings is 1. The quantitative estimate of drug-likeness (QED) is 0.192. The fourth-order valence-electron chi connectivity index (χ4n) is 3.34. The molecule has 7 nitrogen and oxygen atoms in total. The first-order valence-corrected chi connectivity index (χ1v) is 13.4. The van der Waals surface area contributed by atoms with Crippen LogP contribution in [-0.4, -0.2) is 45.9 Å². The lowest BCUT2D eigenvalue weighted by atomic mass is 10.1. The molecule has 0 saturated heterocycles. The Morgan fingerprint density at radius 2 is 2.03 bits per heavy atom. The Hall–Kier alpha value is -2.43. The van der Waals surface area contributed by atoms with Gasteiger partial charge in [0, 0.05) is 36.2 Å². The van der Waals surface area contributed by atoms with Crippen molar-refractivity contribution in [3.8, 4) is 17.1 Å². The van der Waals surface area contributed by atoms with E-state index in [0.29, 0.717) is 45.6 Å². The van der Waals surface area contributed by atoms with E-state index in [1.54, 1.807) is 12.5 Å². The van der Waals surface area contributed by atoms with Crippen molar-refractivity contribution in [3.05, 3.63) is 74.2 Å². The van der Waals surface area contributed by atoms with Gasteiger partial charge in [-0.1, -0.05) is 53.2 Å². The molecule has 4 aromatic rings. The highest BCUT2D eigenvalue weighted by atomic mass is 35.5. The summed E-state index contributed by atoms with van der Waals surface area (Å²) in [4.78, 5) is 16.8. The highest BCUT2D eigenvalue weighted by Gasteiger charge is 2.20. The Labute approximate surface area is 221 Å². The number of hydrogen-bond acceptors (Lipinski definition) is 7. The molecule has 0 bridgehead atoms. The minimum Gasteiger partial charge on any atom is -0.385 e. The summed E-state index contributed by atoms with van der Waals surface area (Å²) in [5.41, 5.74) is 3.07. The SMILES string of the molecule is COCCCNC(=O)c1csc(CSc2nnc(-c3ccccc3Cl)n2-c2cc(Cl)ccc2C)n1. The fourth-order valence-corrected chi connectivity index (χ4v) is 5.46. The standard InChI is InChI=1S/C24H23Cl2N5O2S2/c1-15-8-9-16(25)12-20(15)31-22(17-6-3-4-7-18(17)26)29-30-24(31)35-14-21-28-19(13-34-21)23(32)27-10-5-11-33-2/h3-4,6-9,12-13H,5,10-11,14H2,1-2H3,(H,27,32). The Kier molecular flexibility index (Phi) is 8.80. The summed E-state index contributed by atoms with van der Waals surface area (Å²) in [6.07, 6.45) is 0.751. The second-order valence-corrected chi connectivity index (χ2v) is 10.3. The van der Waals surface area contributed by atoms with Crippen molar-refractivity contribution in [2.45, 2.75) is 24.3 Å². The van der Waals surface area contributed by atoms with Crippen molar-refractivity contribution in [2.24, 2.45) is 0 Å². The molecule has 0 spiro atoms. The van der Waals surface area contributed by atoms with Gasteiger partial charge in [0.2, 0.25) is 0 Å². The van der Waals surface area contributed by atoms with Crippen molar-refractivity contribution in [2.75, 3.05) is 20.3 Å². The van der Waals surface area contributed by atoms with Gasteiger partial charge in [-0.05, 0) is 43.2 Å². The highest BCUT2D eigenvalue weighted by Crippen LogP contribution is 2.35. The monoisotopic (exact) mass is 547 g/mol. The molecule has 0 unspecified atom stereocenters. The molecule has 11 heteroatoms. The van der Waals surface area contributed by atoms with Gasteiger partial charge in [-0.25, -0.2) is 4.98 Å². The molecule has 182 valence electrons. The van der Waals surface area contributed by atoms with Crippen LogP contribution in [0, 0.1) is 6.92 Å². The summed E-state index contributed by atoms with van der Waals surface area (Å²) in [7, 11) is 1.64. The zero-order valence-electron chi connectivity index (χ0n) is 19.1. The summed E-state index contributed by atoms with van der Waals surface area (Å²) in [6, 6.07) is 13.2. The maximum Gasteiger partial charge on any atom is 0.270 e. The molecule has 0 fully saturated rings. The number of nitrogens with zero attached hydrogens (tertiary/aromatic N) is 4. The number of amides is 1. The molecule has 2 aromatic heterocycles. The van der Waals surface area contributed by atoms with E-state index in [9.17, 15) is 4.79 Å². The number of thioether (sulfide) groups is 1. The number of halogens is 2. The highest BCUT2D eigenvalue weighted by molar-refractivity contribution is 7.98. The number of aryl methyl sites for hydroxylation is 1. The van der Waals surface area contributed by atoms with E-state index in [1.807, 2.05) is 54.0 Å². The summed E-state index contributed by atoms with van der Waals surface area (Å²) >= 11 is 15.7. The number of benzene rings is 2. The molecule has 35 heavy (non-hydrogen) atoms. The van der Waals surface area contributed by atoms with Gasteiger partial charge >= 0.3 is 0 Å². The lowest BCUT2D eigenvalue weighted by Gasteiger charge is -2.14. The number of carbonyl (C=O) groups is 1. The largest absolute Gasteiger partial charge is 0.385 e. The van der Waals surface area contributed by atoms with Crippen LogP contribution in [0.2, 0.25) is 10.0 Å². The number of carbonyl (C=O) groups excluding carboxylic acids is 1. The maximum absolute atomic E-state index is 12.3. The Balaban J connectivity index is 1.58. The molecule has 1 N–H and O–H groups in total. The average Bonchev–Trinajstić information content (AvgIpc) is 3.49. The lowest BCUT2D eigenvalue weighted by Crippen LogP contribution is -2.25. The van der Waals surface area contributed by atoms with E-state index in [0.717, 1.165) is 28.2 Å². The zero-order chi connectivity index (χ0) is 24.8. The molecule has 0 aliphatic carbocycles. The normalized spacial score (nSPS) is 11.1. The van der Waals surface area contributed by atoms with E-state index in [1.165, 1.54) is 23.1 Å². The van der Waals surface area contributed by atoms with Crippen molar-refractivity contribution >= 4 is 52.2 Å². The Morgan fingerprint density at radius 1 is 1.20 bits per heavy atom. The van der Waals surface area contributed by atoms with E-state index in [-0.39, 0.29) is 5.91 Å². The summed E-state index contributed by atoms with van der Waals surface area (Å²) in [5.74, 6) is 0.966. The van der Waals surface area contributed by atoms with E-state index in [4.69, 9.17) is 27.9 Å². The Bertz CT molecular complexity index is 1320. The second-order valence-electron chi connectivity index (χ2n) is 7.57. The molecule has 0 atom stereocenters. The second kappa shape index (κ2) is 12.0. The van der Waals surface area contributed by atoms with Crippen LogP contribution in [0.5, 0.6) is 0 Å². The molecular formula is C24H23Cl2N5O2S2. The van der Waals surface area contributed by atoms with Crippen LogP contribution in [0.1, 0.15) is 27.5 Å². The molecule has 2 heterocycles. The molecule has 0 aliphatic rings. The fraction of sp³-hybridized carbons (Fsp3) is 0.250. The van der Waals surface area contributed by atoms with Gasteiger partial charge in [0.15, 0.2) is 11.0 Å². The van der Waals surface area contributed by atoms with Gasteiger partial charge in [0.25, 0.3) is 5.91 Å². The number of ether oxygens (including phenoxy) is 1. The van der Waals surface area contributed by atoms with Crippen LogP contribution >= 0.6 is 46.3 Å².